The summed E-state index contributed by atoms with van der Waals surface area (Å²) in [6.07, 6.45) is 1.67. The zero-order valence-electron chi connectivity index (χ0n) is 12.2. The van der Waals surface area contributed by atoms with Crippen molar-refractivity contribution < 1.29 is 8.83 Å². The Morgan fingerprint density at radius 1 is 1.30 bits per heavy atom. The van der Waals surface area contributed by atoms with E-state index in [-0.39, 0.29) is 0 Å². The zero-order valence-corrected chi connectivity index (χ0v) is 12.2. The fraction of sp³-hybridized carbons (Fsp3) is 0.400. The molecule has 0 saturated carbocycles. The number of hydrogen-bond acceptors (Lipinski definition) is 3. The molecule has 0 unspecified atom stereocenters. The van der Waals surface area contributed by atoms with E-state index in [0.717, 1.165) is 35.3 Å². The van der Waals surface area contributed by atoms with Crippen LogP contribution in [0.4, 0.5) is 0 Å². The highest BCUT2D eigenvalue weighted by molar-refractivity contribution is 5.79. The number of hydrogen-bond donors (Lipinski definition) is 2. The Balaban J connectivity index is 1.96. The standard InChI is InChI=1S/C15H21N3O2/c1-4-16-15(18-10-14-6-5-7-19-14)17-9-13-8-11(2)20-12(13)3/h5-8H,4,9-10H2,1-3H3,(H2,16,17,18). The monoisotopic (exact) mass is 275 g/mol. The molecule has 2 aromatic rings. The van der Waals surface area contributed by atoms with Crippen LogP contribution >= 0.6 is 0 Å². The van der Waals surface area contributed by atoms with Crippen molar-refractivity contribution >= 4 is 5.96 Å². The van der Waals surface area contributed by atoms with Crippen LogP contribution in [-0.2, 0) is 13.1 Å². The van der Waals surface area contributed by atoms with Crippen LogP contribution in [0.1, 0.15) is 29.8 Å². The third-order valence-electron chi connectivity index (χ3n) is 2.91. The lowest BCUT2D eigenvalue weighted by Gasteiger charge is -2.09. The molecule has 0 aromatic carbocycles. The fourth-order valence-corrected chi connectivity index (χ4v) is 1.93. The smallest absolute Gasteiger partial charge is 0.191 e. The van der Waals surface area contributed by atoms with Gasteiger partial charge in [0.1, 0.15) is 17.3 Å². The summed E-state index contributed by atoms with van der Waals surface area (Å²) >= 11 is 0. The van der Waals surface area contributed by atoms with Gasteiger partial charge in [0.15, 0.2) is 5.96 Å². The van der Waals surface area contributed by atoms with Crippen LogP contribution in [-0.4, -0.2) is 12.5 Å². The van der Waals surface area contributed by atoms with E-state index in [2.05, 4.69) is 15.6 Å². The predicted octanol–water partition coefficient (Wildman–Crippen LogP) is 2.74. The van der Waals surface area contributed by atoms with E-state index in [0.29, 0.717) is 13.1 Å². The maximum atomic E-state index is 5.50. The van der Waals surface area contributed by atoms with Gasteiger partial charge in [-0.05, 0) is 39.0 Å². The summed E-state index contributed by atoms with van der Waals surface area (Å²) < 4.78 is 10.8. The van der Waals surface area contributed by atoms with E-state index in [1.54, 1.807) is 6.26 Å². The number of rotatable bonds is 5. The Kier molecular flexibility index (Phi) is 4.87. The van der Waals surface area contributed by atoms with Gasteiger partial charge in [0.05, 0.1) is 19.4 Å². The normalized spacial score (nSPS) is 11.7. The molecule has 5 nitrogen and oxygen atoms in total. The molecule has 0 aliphatic heterocycles. The predicted molar refractivity (Wildman–Crippen MR) is 78.5 cm³/mol. The van der Waals surface area contributed by atoms with Crippen LogP contribution in [0.5, 0.6) is 0 Å². The molecule has 108 valence electrons. The van der Waals surface area contributed by atoms with E-state index in [9.17, 15) is 0 Å². The zero-order chi connectivity index (χ0) is 14.4. The van der Waals surface area contributed by atoms with E-state index in [4.69, 9.17) is 8.83 Å². The van der Waals surface area contributed by atoms with Crippen LogP contribution in [0.15, 0.2) is 38.3 Å². The van der Waals surface area contributed by atoms with Gasteiger partial charge in [0.25, 0.3) is 0 Å². The highest BCUT2D eigenvalue weighted by atomic mass is 16.3. The summed E-state index contributed by atoms with van der Waals surface area (Å²) in [6.45, 7) is 7.96. The van der Waals surface area contributed by atoms with Gasteiger partial charge >= 0.3 is 0 Å². The van der Waals surface area contributed by atoms with Crippen molar-refractivity contribution in [3.63, 3.8) is 0 Å². The highest BCUT2D eigenvalue weighted by Crippen LogP contribution is 2.14. The molecule has 2 heterocycles. The second kappa shape index (κ2) is 6.84. The third-order valence-corrected chi connectivity index (χ3v) is 2.91. The average molecular weight is 275 g/mol. The lowest BCUT2D eigenvalue weighted by atomic mass is 10.2. The first-order chi connectivity index (χ1) is 9.69. The molecule has 2 N–H and O–H groups in total. The molecular weight excluding hydrogens is 254 g/mol. The average Bonchev–Trinajstić information content (AvgIpc) is 3.03. The van der Waals surface area contributed by atoms with Gasteiger partial charge in [-0.25, -0.2) is 4.99 Å². The number of nitrogens with zero attached hydrogens (tertiary/aromatic N) is 1. The van der Waals surface area contributed by atoms with Gasteiger partial charge in [-0.2, -0.15) is 0 Å². The maximum Gasteiger partial charge on any atom is 0.191 e. The van der Waals surface area contributed by atoms with E-state index in [1.807, 2.05) is 39.0 Å². The third kappa shape index (κ3) is 3.91. The van der Waals surface area contributed by atoms with Crippen molar-refractivity contribution in [2.75, 3.05) is 6.54 Å². The SMILES string of the molecule is CCNC(=NCc1cc(C)oc1C)NCc1ccco1. The number of furan rings is 2. The van der Waals surface area contributed by atoms with Crippen LogP contribution in [0.25, 0.3) is 0 Å². The van der Waals surface area contributed by atoms with Gasteiger partial charge in [-0.3, -0.25) is 0 Å². The number of aryl methyl sites for hydroxylation is 2. The molecule has 0 amide bonds. The molecule has 20 heavy (non-hydrogen) atoms. The second-order valence-corrected chi connectivity index (χ2v) is 4.57. The van der Waals surface area contributed by atoms with E-state index < -0.39 is 0 Å². The number of guanidine groups is 1. The number of aliphatic imine (C=N–C) groups is 1. The van der Waals surface area contributed by atoms with E-state index >= 15 is 0 Å². The summed E-state index contributed by atoms with van der Waals surface area (Å²) in [5, 5.41) is 6.44. The van der Waals surface area contributed by atoms with Crippen molar-refractivity contribution in [3.8, 4) is 0 Å². The van der Waals surface area contributed by atoms with Crippen LogP contribution in [0.2, 0.25) is 0 Å². The highest BCUT2D eigenvalue weighted by Gasteiger charge is 2.05. The van der Waals surface area contributed by atoms with Crippen LogP contribution in [0.3, 0.4) is 0 Å². The topological polar surface area (TPSA) is 62.7 Å². The van der Waals surface area contributed by atoms with Crippen molar-refractivity contribution in [1.82, 2.24) is 10.6 Å². The first-order valence-corrected chi connectivity index (χ1v) is 6.79. The van der Waals surface area contributed by atoms with Crippen molar-refractivity contribution in [2.24, 2.45) is 4.99 Å². The Morgan fingerprint density at radius 3 is 2.75 bits per heavy atom. The molecular formula is C15H21N3O2. The minimum absolute atomic E-state index is 0.594. The van der Waals surface area contributed by atoms with E-state index in [1.165, 1.54) is 0 Å². The van der Waals surface area contributed by atoms with Crippen LogP contribution in [0, 0.1) is 13.8 Å². The quantitative estimate of drug-likeness (QED) is 0.650. The maximum absolute atomic E-state index is 5.50. The molecule has 0 aliphatic carbocycles. The molecule has 0 radical (unpaired) electrons. The lowest BCUT2D eigenvalue weighted by molar-refractivity contribution is 0.500. The minimum atomic E-state index is 0.594. The fourth-order valence-electron chi connectivity index (χ4n) is 1.93. The molecule has 5 heteroatoms. The van der Waals surface area contributed by atoms with Gasteiger partial charge in [-0.15, -0.1) is 0 Å². The van der Waals surface area contributed by atoms with Crippen molar-refractivity contribution in [1.29, 1.82) is 0 Å². The van der Waals surface area contributed by atoms with Gasteiger partial charge in [0.2, 0.25) is 0 Å². The minimum Gasteiger partial charge on any atom is -0.467 e. The van der Waals surface area contributed by atoms with Crippen molar-refractivity contribution in [3.05, 3.63) is 47.3 Å². The van der Waals surface area contributed by atoms with Gasteiger partial charge < -0.3 is 19.5 Å². The molecule has 2 rings (SSSR count). The summed E-state index contributed by atoms with van der Waals surface area (Å²) in [5.41, 5.74) is 1.11. The lowest BCUT2D eigenvalue weighted by Crippen LogP contribution is -2.36. The van der Waals surface area contributed by atoms with Crippen molar-refractivity contribution in [2.45, 2.75) is 33.9 Å². The first kappa shape index (κ1) is 14.2. The first-order valence-electron chi connectivity index (χ1n) is 6.79. The molecule has 0 bridgehead atoms. The Hall–Kier alpha value is -2.17. The molecule has 0 fully saturated rings. The molecule has 2 aromatic heterocycles. The number of nitrogens with one attached hydrogen (secondary N) is 2. The summed E-state index contributed by atoms with van der Waals surface area (Å²) in [5.74, 6) is 3.49. The largest absolute Gasteiger partial charge is 0.467 e. The van der Waals surface area contributed by atoms with Gasteiger partial charge in [0, 0.05) is 12.1 Å². The summed E-state index contributed by atoms with van der Waals surface area (Å²) in [7, 11) is 0. The Bertz CT molecular complexity index is 556. The molecule has 0 saturated heterocycles. The van der Waals surface area contributed by atoms with Gasteiger partial charge in [-0.1, -0.05) is 0 Å². The molecule has 0 aliphatic rings. The Labute approximate surface area is 119 Å². The summed E-state index contributed by atoms with van der Waals surface area (Å²) in [6, 6.07) is 5.83. The second-order valence-electron chi connectivity index (χ2n) is 4.57. The molecule has 0 spiro atoms. The Morgan fingerprint density at radius 2 is 2.15 bits per heavy atom. The van der Waals surface area contributed by atoms with Crippen LogP contribution < -0.4 is 10.6 Å². The summed E-state index contributed by atoms with van der Waals surface area (Å²) in [4.78, 5) is 4.55. The molecule has 0 atom stereocenters.